The summed E-state index contributed by atoms with van der Waals surface area (Å²) in [4.78, 5) is 9.07. The Bertz CT molecular complexity index is 597. The van der Waals surface area contributed by atoms with Crippen LogP contribution in [0.4, 0.5) is 5.69 Å². The van der Waals surface area contributed by atoms with Crippen molar-refractivity contribution in [2.75, 3.05) is 0 Å². The molecule has 0 radical (unpaired) electrons. The molecule has 3 heteroatoms. The van der Waals surface area contributed by atoms with Crippen molar-refractivity contribution in [2.45, 2.75) is 19.8 Å². The monoisotopic (exact) mass is 225 g/mol. The Kier molecular flexibility index (Phi) is 2.32. The van der Waals surface area contributed by atoms with Crippen molar-refractivity contribution in [2.24, 2.45) is 16.6 Å². The summed E-state index contributed by atoms with van der Waals surface area (Å²) in [6.45, 7) is 1.99. The van der Waals surface area contributed by atoms with Crippen LogP contribution in [0, 0.1) is 12.8 Å². The fraction of sp³-hybridized carbons (Fsp3) is 0.286. The molecule has 0 bridgehead atoms. The fourth-order valence-corrected chi connectivity index (χ4v) is 1.93. The molecule has 1 heterocycles. The highest BCUT2D eigenvalue weighted by Crippen LogP contribution is 2.31. The van der Waals surface area contributed by atoms with E-state index in [-0.39, 0.29) is 0 Å². The maximum atomic E-state index is 5.96. The van der Waals surface area contributed by atoms with Gasteiger partial charge in [-0.1, -0.05) is 18.2 Å². The van der Waals surface area contributed by atoms with Gasteiger partial charge in [-0.2, -0.15) is 0 Å². The van der Waals surface area contributed by atoms with Gasteiger partial charge >= 0.3 is 0 Å². The number of aryl methyl sites for hydroxylation is 1. The molecule has 1 aromatic carbocycles. The van der Waals surface area contributed by atoms with E-state index < -0.39 is 0 Å². The van der Waals surface area contributed by atoms with Crippen LogP contribution in [0.3, 0.4) is 0 Å². The zero-order valence-electron chi connectivity index (χ0n) is 9.85. The van der Waals surface area contributed by atoms with Crippen LogP contribution < -0.4 is 5.73 Å². The predicted molar refractivity (Wildman–Crippen MR) is 70.5 cm³/mol. The van der Waals surface area contributed by atoms with Gasteiger partial charge in [0.25, 0.3) is 0 Å². The first-order valence-electron chi connectivity index (χ1n) is 5.94. The van der Waals surface area contributed by atoms with Gasteiger partial charge in [-0.3, -0.25) is 4.98 Å². The molecule has 0 saturated heterocycles. The smallest absolute Gasteiger partial charge is 0.103 e. The molecular weight excluding hydrogens is 210 g/mol. The molecule has 0 unspecified atom stereocenters. The Hall–Kier alpha value is -1.90. The summed E-state index contributed by atoms with van der Waals surface area (Å²) in [6, 6.07) is 10.1. The average Bonchev–Trinajstić information content (AvgIpc) is 3.13. The quantitative estimate of drug-likeness (QED) is 0.631. The van der Waals surface area contributed by atoms with Crippen LogP contribution in [0.1, 0.15) is 18.5 Å². The Balaban J connectivity index is 2.14. The van der Waals surface area contributed by atoms with Crippen LogP contribution in [0.2, 0.25) is 0 Å². The molecule has 1 aliphatic carbocycles. The Labute approximate surface area is 100 Å². The lowest BCUT2D eigenvalue weighted by atomic mass is 10.2. The third-order valence-electron chi connectivity index (χ3n) is 3.08. The number of benzene rings is 1. The van der Waals surface area contributed by atoms with E-state index in [1.807, 2.05) is 31.2 Å². The van der Waals surface area contributed by atoms with Crippen molar-refractivity contribution < 1.29 is 0 Å². The van der Waals surface area contributed by atoms with E-state index in [0.29, 0.717) is 5.92 Å². The second-order valence-electron chi connectivity index (χ2n) is 4.61. The minimum atomic E-state index is 0.495. The van der Waals surface area contributed by atoms with Crippen LogP contribution >= 0.6 is 0 Å². The second-order valence-corrected chi connectivity index (χ2v) is 4.61. The Morgan fingerprint density at radius 1 is 1.29 bits per heavy atom. The molecule has 1 aromatic heterocycles. The largest absolute Gasteiger partial charge is 0.387 e. The lowest BCUT2D eigenvalue weighted by Gasteiger charge is -2.03. The molecule has 0 atom stereocenters. The number of pyridine rings is 1. The summed E-state index contributed by atoms with van der Waals surface area (Å²) in [5.41, 5.74) is 8.79. The Morgan fingerprint density at radius 2 is 2.12 bits per heavy atom. The molecule has 3 rings (SSSR count). The molecule has 1 saturated carbocycles. The summed E-state index contributed by atoms with van der Waals surface area (Å²) < 4.78 is 0. The number of hydrogen-bond acceptors (Lipinski definition) is 2. The predicted octanol–water partition coefficient (Wildman–Crippen LogP) is 2.94. The van der Waals surface area contributed by atoms with Gasteiger partial charge in [0.05, 0.1) is 11.2 Å². The number of aromatic nitrogens is 1. The first-order valence-corrected chi connectivity index (χ1v) is 5.94. The molecule has 0 spiro atoms. The van der Waals surface area contributed by atoms with Crippen LogP contribution in [-0.2, 0) is 0 Å². The lowest BCUT2D eigenvalue weighted by Crippen LogP contribution is -2.13. The van der Waals surface area contributed by atoms with Gasteiger partial charge in [-0.25, -0.2) is 4.99 Å². The highest BCUT2D eigenvalue weighted by molar-refractivity contribution is 5.94. The number of nitrogens with two attached hydrogens (primary N) is 1. The van der Waals surface area contributed by atoms with Gasteiger partial charge in [0.15, 0.2) is 0 Å². The zero-order chi connectivity index (χ0) is 11.8. The van der Waals surface area contributed by atoms with Crippen molar-refractivity contribution >= 4 is 22.4 Å². The lowest BCUT2D eigenvalue weighted by molar-refractivity contribution is 1.15. The molecule has 1 aliphatic rings. The topological polar surface area (TPSA) is 51.3 Å². The van der Waals surface area contributed by atoms with Gasteiger partial charge in [-0.05, 0) is 31.9 Å². The van der Waals surface area contributed by atoms with E-state index >= 15 is 0 Å². The van der Waals surface area contributed by atoms with Crippen molar-refractivity contribution in [3.8, 4) is 0 Å². The molecule has 17 heavy (non-hydrogen) atoms. The van der Waals surface area contributed by atoms with E-state index in [9.17, 15) is 0 Å². The van der Waals surface area contributed by atoms with Crippen molar-refractivity contribution in [1.29, 1.82) is 0 Å². The molecule has 0 aliphatic heterocycles. The third kappa shape index (κ3) is 2.00. The molecule has 3 nitrogen and oxygen atoms in total. The maximum absolute atomic E-state index is 5.96. The number of fused-ring (bicyclic) bond motifs is 1. The highest BCUT2D eigenvalue weighted by atomic mass is 14.9. The first kappa shape index (κ1) is 10.3. The summed E-state index contributed by atoms with van der Waals surface area (Å²) in [5, 5.41) is 1.11. The minimum absolute atomic E-state index is 0.495. The SMILES string of the molecule is Cc1ccc2cccc(N=C(N)C3CC3)c2n1. The molecule has 86 valence electrons. The minimum Gasteiger partial charge on any atom is -0.387 e. The third-order valence-corrected chi connectivity index (χ3v) is 3.08. The molecule has 0 amide bonds. The van der Waals surface area contributed by atoms with Gasteiger partial charge in [-0.15, -0.1) is 0 Å². The number of hydrogen-bond donors (Lipinski definition) is 1. The standard InChI is InChI=1S/C14H15N3/c1-9-5-6-10-3-2-4-12(13(10)16-9)17-14(15)11-7-8-11/h2-6,11H,7-8H2,1H3,(H2,15,17). The molecule has 2 N–H and O–H groups in total. The van der Waals surface area contributed by atoms with E-state index in [1.54, 1.807) is 0 Å². The maximum Gasteiger partial charge on any atom is 0.103 e. The Morgan fingerprint density at radius 3 is 2.88 bits per heavy atom. The molecular formula is C14H15N3. The van der Waals surface area contributed by atoms with Crippen LogP contribution in [0.15, 0.2) is 35.3 Å². The highest BCUT2D eigenvalue weighted by Gasteiger charge is 2.25. The number of nitrogens with zero attached hydrogens (tertiary/aromatic N) is 2. The molecule has 2 aromatic rings. The van der Waals surface area contributed by atoms with Crippen LogP contribution in [0.25, 0.3) is 10.9 Å². The number of para-hydroxylation sites is 1. The first-order chi connectivity index (χ1) is 8.24. The van der Waals surface area contributed by atoms with Gasteiger partial charge < -0.3 is 5.73 Å². The molecule has 1 fully saturated rings. The summed E-state index contributed by atoms with van der Waals surface area (Å²) in [5.74, 6) is 1.25. The van der Waals surface area contributed by atoms with Gasteiger partial charge in [0.1, 0.15) is 5.84 Å². The fourth-order valence-electron chi connectivity index (χ4n) is 1.93. The van der Waals surface area contributed by atoms with Crippen LogP contribution in [0.5, 0.6) is 0 Å². The summed E-state index contributed by atoms with van der Waals surface area (Å²) in [6.07, 6.45) is 2.35. The average molecular weight is 225 g/mol. The van der Waals surface area contributed by atoms with Crippen LogP contribution in [-0.4, -0.2) is 10.8 Å². The normalized spacial score (nSPS) is 16.4. The van der Waals surface area contributed by atoms with Crippen molar-refractivity contribution in [1.82, 2.24) is 4.98 Å². The summed E-state index contributed by atoms with van der Waals surface area (Å²) in [7, 11) is 0. The number of aliphatic imine (C=N–C) groups is 1. The van der Waals surface area contributed by atoms with Gasteiger partial charge in [0, 0.05) is 17.0 Å². The van der Waals surface area contributed by atoms with E-state index in [2.05, 4.69) is 16.0 Å². The van der Waals surface area contributed by atoms with E-state index in [1.165, 1.54) is 12.8 Å². The number of amidine groups is 1. The van der Waals surface area contributed by atoms with E-state index in [0.717, 1.165) is 28.1 Å². The second kappa shape index (κ2) is 3.84. The van der Waals surface area contributed by atoms with E-state index in [4.69, 9.17) is 5.73 Å². The van der Waals surface area contributed by atoms with Gasteiger partial charge in [0.2, 0.25) is 0 Å². The number of rotatable bonds is 2. The van der Waals surface area contributed by atoms with Crippen molar-refractivity contribution in [3.63, 3.8) is 0 Å². The zero-order valence-corrected chi connectivity index (χ0v) is 9.85. The summed E-state index contributed by atoms with van der Waals surface area (Å²) >= 11 is 0. The van der Waals surface area contributed by atoms with Crippen molar-refractivity contribution in [3.05, 3.63) is 36.0 Å².